The van der Waals surface area contributed by atoms with Crippen molar-refractivity contribution in [2.75, 3.05) is 23.0 Å². The molecule has 1 N–H and O–H groups in total. The third kappa shape index (κ3) is 3.62. The van der Waals surface area contributed by atoms with Crippen molar-refractivity contribution >= 4 is 32.9 Å². The lowest BCUT2D eigenvalue weighted by Gasteiger charge is -2.26. The highest BCUT2D eigenvalue weighted by Crippen LogP contribution is 2.24. The molecule has 0 aliphatic heterocycles. The molecule has 0 saturated heterocycles. The van der Waals surface area contributed by atoms with Gasteiger partial charge < -0.3 is 10.2 Å². The van der Waals surface area contributed by atoms with Crippen LogP contribution >= 0.6 is 0 Å². The minimum Gasteiger partial charge on any atom is -0.354 e. The van der Waals surface area contributed by atoms with Gasteiger partial charge in [0.2, 0.25) is 0 Å². The molecule has 0 aliphatic rings. The molecule has 3 rings (SSSR count). The molecule has 0 radical (unpaired) electrons. The molecule has 0 spiro atoms. The van der Waals surface area contributed by atoms with Crippen molar-refractivity contribution in [3.05, 3.63) is 36.7 Å². The number of hydrogen-bond donors (Lipinski definition) is 1. The first-order valence-corrected chi connectivity index (χ1v) is 10.2. The maximum atomic E-state index is 11.6. The molecule has 0 saturated carbocycles. The van der Waals surface area contributed by atoms with Crippen LogP contribution in [0.5, 0.6) is 0 Å². The van der Waals surface area contributed by atoms with Gasteiger partial charge in [-0.1, -0.05) is 0 Å². The van der Waals surface area contributed by atoms with Crippen molar-refractivity contribution in [1.29, 1.82) is 0 Å². The first kappa shape index (κ1) is 18.1. The van der Waals surface area contributed by atoms with Crippen molar-refractivity contribution < 1.29 is 8.42 Å². The summed E-state index contributed by atoms with van der Waals surface area (Å²) in [5, 5.41) is 7.48. The average Bonchev–Trinajstić information content (AvgIpc) is 3.04. The zero-order valence-electron chi connectivity index (χ0n) is 15.2. The Bertz CT molecular complexity index is 1010. The van der Waals surface area contributed by atoms with Crippen LogP contribution in [0.4, 0.5) is 17.3 Å². The Labute approximate surface area is 152 Å². The van der Waals surface area contributed by atoms with Crippen molar-refractivity contribution in [2.45, 2.75) is 31.7 Å². The van der Waals surface area contributed by atoms with Crippen LogP contribution in [0.25, 0.3) is 5.78 Å². The molecule has 0 fully saturated rings. The number of anilines is 3. The second kappa shape index (κ2) is 6.91. The van der Waals surface area contributed by atoms with E-state index in [0.717, 1.165) is 18.1 Å². The fraction of sp³-hybridized carbons (Fsp3) is 0.353. The van der Waals surface area contributed by atoms with E-state index < -0.39 is 9.84 Å². The molecule has 0 bridgehead atoms. The Morgan fingerprint density at radius 2 is 1.92 bits per heavy atom. The largest absolute Gasteiger partial charge is 0.354 e. The van der Waals surface area contributed by atoms with Crippen LogP contribution < -0.4 is 10.2 Å². The fourth-order valence-electron chi connectivity index (χ4n) is 2.76. The van der Waals surface area contributed by atoms with Gasteiger partial charge in [-0.15, -0.1) is 0 Å². The lowest BCUT2D eigenvalue weighted by molar-refractivity contribution is 0.602. The van der Waals surface area contributed by atoms with Gasteiger partial charge in [-0.3, -0.25) is 0 Å². The summed E-state index contributed by atoms with van der Waals surface area (Å²) < 4.78 is 24.8. The van der Waals surface area contributed by atoms with Gasteiger partial charge in [-0.05, 0) is 45.0 Å². The van der Waals surface area contributed by atoms with Crippen LogP contribution in [0.1, 0.15) is 20.8 Å². The average molecular weight is 374 g/mol. The fourth-order valence-corrected chi connectivity index (χ4v) is 3.39. The predicted molar refractivity (Wildman–Crippen MR) is 102 cm³/mol. The third-order valence-corrected chi connectivity index (χ3v) is 5.18. The summed E-state index contributed by atoms with van der Waals surface area (Å²) in [5.41, 5.74) is 0.749. The number of benzene rings is 1. The van der Waals surface area contributed by atoms with E-state index in [1.165, 1.54) is 12.6 Å². The van der Waals surface area contributed by atoms with E-state index >= 15 is 0 Å². The summed E-state index contributed by atoms with van der Waals surface area (Å²) in [6, 6.07) is 8.80. The Morgan fingerprint density at radius 1 is 1.23 bits per heavy atom. The van der Waals surface area contributed by atoms with E-state index in [-0.39, 0.29) is 4.90 Å². The predicted octanol–water partition coefficient (Wildman–Crippen LogP) is 2.51. The number of fused-ring (bicyclic) bond motifs is 1. The zero-order chi connectivity index (χ0) is 18.9. The second-order valence-corrected chi connectivity index (χ2v) is 8.29. The lowest BCUT2D eigenvalue weighted by Crippen LogP contribution is -2.31. The number of aromatic nitrogens is 4. The summed E-state index contributed by atoms with van der Waals surface area (Å²) in [6.07, 6.45) is 2.64. The molecular formula is C17H22N6O2S. The van der Waals surface area contributed by atoms with Gasteiger partial charge >= 0.3 is 0 Å². The van der Waals surface area contributed by atoms with Gasteiger partial charge in [-0.25, -0.2) is 8.42 Å². The second-order valence-electron chi connectivity index (χ2n) is 6.27. The van der Waals surface area contributed by atoms with E-state index in [1.807, 2.05) is 6.07 Å². The highest BCUT2D eigenvalue weighted by molar-refractivity contribution is 7.90. The van der Waals surface area contributed by atoms with Gasteiger partial charge in [-0.2, -0.15) is 19.6 Å². The van der Waals surface area contributed by atoms with E-state index in [2.05, 4.69) is 46.1 Å². The molecule has 1 aromatic carbocycles. The van der Waals surface area contributed by atoms with E-state index in [0.29, 0.717) is 17.6 Å². The molecular weight excluding hydrogens is 352 g/mol. The quantitative estimate of drug-likeness (QED) is 0.708. The van der Waals surface area contributed by atoms with Crippen molar-refractivity contribution in [1.82, 2.24) is 19.6 Å². The molecule has 2 aromatic heterocycles. The van der Waals surface area contributed by atoms with Crippen LogP contribution in [0, 0.1) is 0 Å². The number of rotatable bonds is 6. The molecule has 9 heteroatoms. The van der Waals surface area contributed by atoms with Crippen molar-refractivity contribution in [3.8, 4) is 0 Å². The smallest absolute Gasteiger partial charge is 0.256 e. The molecule has 0 unspecified atom stereocenters. The molecule has 3 aromatic rings. The summed E-state index contributed by atoms with van der Waals surface area (Å²) in [4.78, 5) is 11.2. The molecule has 0 amide bonds. The molecule has 0 aliphatic carbocycles. The van der Waals surface area contributed by atoms with E-state index in [1.54, 1.807) is 28.8 Å². The van der Waals surface area contributed by atoms with Crippen LogP contribution in [-0.4, -0.2) is 46.8 Å². The van der Waals surface area contributed by atoms with E-state index in [9.17, 15) is 8.42 Å². The van der Waals surface area contributed by atoms with E-state index in [4.69, 9.17) is 0 Å². The number of hydrogen-bond acceptors (Lipinski definition) is 7. The topological polar surface area (TPSA) is 92.5 Å². The third-order valence-electron chi connectivity index (χ3n) is 4.05. The maximum Gasteiger partial charge on any atom is 0.256 e. The Hall–Kier alpha value is -2.68. The van der Waals surface area contributed by atoms with Gasteiger partial charge in [0.15, 0.2) is 9.84 Å². The van der Waals surface area contributed by atoms with Crippen molar-refractivity contribution in [2.24, 2.45) is 0 Å². The minimum absolute atomic E-state index is 0.279. The SMILES string of the molecule is CCN(c1cc(Nc2ccc(S(C)(=O)=O)cc2)n2ncnc2n1)C(C)C. The van der Waals surface area contributed by atoms with Gasteiger partial charge in [0.1, 0.15) is 18.0 Å². The highest BCUT2D eigenvalue weighted by atomic mass is 32.2. The normalized spacial score (nSPS) is 11.9. The highest BCUT2D eigenvalue weighted by Gasteiger charge is 2.15. The first-order valence-electron chi connectivity index (χ1n) is 8.34. The standard InChI is InChI=1S/C17H22N6O2S/c1-5-22(12(2)3)15-10-16(23-17(21-15)18-11-19-23)20-13-6-8-14(9-7-13)26(4,24)25/h6-12,20H,5H2,1-4H3. The Kier molecular flexibility index (Phi) is 4.82. The summed E-state index contributed by atoms with van der Waals surface area (Å²) in [6.45, 7) is 7.11. The van der Waals surface area contributed by atoms with Crippen LogP contribution in [0.15, 0.2) is 41.6 Å². The van der Waals surface area contributed by atoms with Gasteiger partial charge in [0, 0.05) is 30.6 Å². The summed E-state index contributed by atoms with van der Waals surface area (Å²) in [5.74, 6) is 2.00. The Morgan fingerprint density at radius 3 is 2.50 bits per heavy atom. The number of nitrogens with one attached hydrogen (secondary N) is 1. The Balaban J connectivity index is 2.00. The summed E-state index contributed by atoms with van der Waals surface area (Å²) >= 11 is 0. The zero-order valence-corrected chi connectivity index (χ0v) is 16.0. The van der Waals surface area contributed by atoms with Crippen LogP contribution in [-0.2, 0) is 9.84 Å². The van der Waals surface area contributed by atoms with Crippen LogP contribution in [0.2, 0.25) is 0 Å². The van der Waals surface area contributed by atoms with Crippen LogP contribution in [0.3, 0.4) is 0 Å². The number of nitrogens with zero attached hydrogens (tertiary/aromatic N) is 5. The molecule has 138 valence electrons. The van der Waals surface area contributed by atoms with Crippen molar-refractivity contribution in [3.63, 3.8) is 0 Å². The molecule has 8 nitrogen and oxygen atoms in total. The van der Waals surface area contributed by atoms with Gasteiger partial charge in [0.25, 0.3) is 5.78 Å². The molecule has 0 atom stereocenters. The molecule has 26 heavy (non-hydrogen) atoms. The monoisotopic (exact) mass is 374 g/mol. The maximum absolute atomic E-state index is 11.6. The minimum atomic E-state index is -3.22. The molecule has 2 heterocycles. The van der Waals surface area contributed by atoms with Gasteiger partial charge in [0.05, 0.1) is 4.90 Å². The lowest BCUT2D eigenvalue weighted by atomic mass is 10.3. The summed E-state index contributed by atoms with van der Waals surface area (Å²) in [7, 11) is -3.22. The number of sulfone groups is 1. The first-order chi connectivity index (χ1) is 12.3.